The molecule has 0 aliphatic carbocycles. The number of thiophene rings is 1. The smallest absolute Gasteiger partial charge is 0.122 e. The van der Waals surface area contributed by atoms with Gasteiger partial charge in [-0.3, -0.25) is 0 Å². The molecule has 2 heterocycles. The van der Waals surface area contributed by atoms with Gasteiger partial charge in [0, 0.05) is 26.4 Å². The monoisotopic (exact) mass is 384 g/mol. The number of fused-ring (bicyclic) bond motifs is 1. The summed E-state index contributed by atoms with van der Waals surface area (Å²) in [7, 11) is 1.67. The third-order valence-electron chi connectivity index (χ3n) is 3.63. The van der Waals surface area contributed by atoms with Crippen molar-refractivity contribution >= 4 is 39.0 Å². The van der Waals surface area contributed by atoms with Gasteiger partial charge < -0.3 is 9.84 Å². The topological polar surface area (TPSA) is 29.5 Å². The first-order chi connectivity index (χ1) is 10.2. The van der Waals surface area contributed by atoms with Gasteiger partial charge in [0.1, 0.15) is 5.75 Å². The second-order valence-corrected chi connectivity index (χ2v) is 8.27. The summed E-state index contributed by atoms with van der Waals surface area (Å²) < 4.78 is 6.39. The molecule has 1 aromatic carbocycles. The van der Waals surface area contributed by atoms with Crippen molar-refractivity contribution in [2.24, 2.45) is 0 Å². The zero-order chi connectivity index (χ0) is 14.8. The average molecular weight is 385 g/mol. The third-order valence-corrected chi connectivity index (χ3v) is 6.47. The van der Waals surface area contributed by atoms with Crippen molar-refractivity contribution in [2.75, 3.05) is 12.9 Å². The summed E-state index contributed by atoms with van der Waals surface area (Å²) >= 11 is 7.22. The van der Waals surface area contributed by atoms with Crippen LogP contribution in [0.15, 0.2) is 28.7 Å². The van der Waals surface area contributed by atoms with E-state index in [1.165, 1.54) is 16.2 Å². The number of aliphatic hydroxyl groups is 1. The van der Waals surface area contributed by atoms with Crippen LogP contribution in [0.4, 0.5) is 0 Å². The normalized spacial score (nSPS) is 15.6. The van der Waals surface area contributed by atoms with Crippen molar-refractivity contribution < 1.29 is 9.84 Å². The van der Waals surface area contributed by atoms with E-state index in [9.17, 15) is 5.11 Å². The number of methoxy groups -OCH3 is 1. The molecule has 2 aromatic rings. The van der Waals surface area contributed by atoms with Crippen molar-refractivity contribution in [2.45, 2.75) is 24.7 Å². The highest BCUT2D eigenvalue weighted by atomic mass is 79.9. The van der Waals surface area contributed by atoms with Crippen molar-refractivity contribution in [3.05, 3.63) is 49.6 Å². The van der Waals surface area contributed by atoms with Gasteiger partial charge in [-0.25, -0.2) is 0 Å². The predicted octanol–water partition coefficient (Wildman–Crippen LogP) is 4.58. The van der Waals surface area contributed by atoms with E-state index in [1.807, 2.05) is 30.0 Å². The van der Waals surface area contributed by atoms with E-state index in [0.717, 1.165) is 32.8 Å². The number of aryl methyl sites for hydroxylation is 1. The van der Waals surface area contributed by atoms with Gasteiger partial charge >= 0.3 is 0 Å². The van der Waals surface area contributed by atoms with Gasteiger partial charge in [0.25, 0.3) is 0 Å². The minimum atomic E-state index is -0.464. The molecule has 0 fully saturated rings. The van der Waals surface area contributed by atoms with E-state index in [1.54, 1.807) is 18.4 Å². The highest BCUT2D eigenvalue weighted by Crippen LogP contribution is 2.36. The Morgan fingerprint density at radius 1 is 1.38 bits per heavy atom. The molecule has 1 unspecified atom stereocenters. The molecule has 0 spiro atoms. The fourth-order valence-electron chi connectivity index (χ4n) is 2.55. The standard InChI is InChI=1S/C16H17BrO2S2/c1-19-14-3-2-12(17)6-10(14)7-13(18)16-8-11-9-20-5-4-15(11)21-16/h2-3,6,8,13,18H,4-5,7,9H2,1H3. The van der Waals surface area contributed by atoms with E-state index in [4.69, 9.17) is 4.74 Å². The van der Waals surface area contributed by atoms with Gasteiger partial charge in [-0.15, -0.1) is 11.3 Å². The molecular weight excluding hydrogens is 368 g/mol. The molecule has 1 aromatic heterocycles. The molecule has 1 aliphatic rings. The van der Waals surface area contributed by atoms with Crippen LogP contribution in [-0.4, -0.2) is 18.0 Å². The number of thioether (sulfide) groups is 1. The minimum Gasteiger partial charge on any atom is -0.496 e. The molecule has 3 rings (SSSR count). The first kappa shape index (κ1) is 15.4. The zero-order valence-corrected chi connectivity index (χ0v) is 15.0. The molecular formula is C16H17BrO2S2. The van der Waals surface area contributed by atoms with E-state index in [-0.39, 0.29) is 0 Å². The highest BCUT2D eigenvalue weighted by Gasteiger charge is 2.19. The second-order valence-electron chi connectivity index (χ2n) is 5.08. The summed E-state index contributed by atoms with van der Waals surface area (Å²) in [5.41, 5.74) is 2.44. The highest BCUT2D eigenvalue weighted by molar-refractivity contribution is 9.10. The van der Waals surface area contributed by atoms with Crippen LogP contribution < -0.4 is 4.74 Å². The number of hydrogen-bond acceptors (Lipinski definition) is 4. The Hall–Kier alpha value is -0.490. The van der Waals surface area contributed by atoms with Gasteiger partial charge in [0.15, 0.2) is 0 Å². The predicted molar refractivity (Wildman–Crippen MR) is 93.5 cm³/mol. The Labute approximate surface area is 141 Å². The minimum absolute atomic E-state index is 0.464. The Kier molecular flexibility index (Phi) is 4.94. The van der Waals surface area contributed by atoms with Gasteiger partial charge in [-0.1, -0.05) is 15.9 Å². The molecule has 0 saturated heterocycles. The fourth-order valence-corrected chi connectivity index (χ4v) is 5.32. The SMILES string of the molecule is COc1ccc(Br)cc1CC(O)c1cc2c(s1)CCSC2. The fraction of sp³-hybridized carbons (Fsp3) is 0.375. The van der Waals surface area contributed by atoms with Crippen molar-refractivity contribution in [3.8, 4) is 5.75 Å². The van der Waals surface area contributed by atoms with Crippen LogP contribution in [0.25, 0.3) is 0 Å². The second kappa shape index (κ2) is 6.73. The molecule has 0 amide bonds. The summed E-state index contributed by atoms with van der Waals surface area (Å²) in [4.78, 5) is 2.52. The lowest BCUT2D eigenvalue weighted by atomic mass is 10.1. The molecule has 1 aliphatic heterocycles. The first-order valence-corrected chi connectivity index (χ1v) is 9.63. The number of halogens is 1. The summed E-state index contributed by atoms with van der Waals surface area (Å²) in [6.45, 7) is 0. The maximum atomic E-state index is 10.6. The summed E-state index contributed by atoms with van der Waals surface area (Å²) in [5, 5.41) is 10.6. The van der Waals surface area contributed by atoms with Crippen molar-refractivity contribution in [1.82, 2.24) is 0 Å². The lowest BCUT2D eigenvalue weighted by Gasteiger charge is -2.12. The molecule has 1 N–H and O–H groups in total. The van der Waals surface area contributed by atoms with Crippen LogP contribution in [-0.2, 0) is 18.6 Å². The molecule has 112 valence electrons. The van der Waals surface area contributed by atoms with Crippen molar-refractivity contribution in [1.29, 1.82) is 0 Å². The maximum Gasteiger partial charge on any atom is 0.122 e. The van der Waals surface area contributed by atoms with Crippen LogP contribution in [0, 0.1) is 0 Å². The van der Waals surface area contributed by atoms with Gasteiger partial charge in [-0.2, -0.15) is 11.8 Å². The number of aliphatic hydroxyl groups excluding tert-OH is 1. The van der Waals surface area contributed by atoms with Crippen LogP contribution in [0.5, 0.6) is 5.75 Å². The van der Waals surface area contributed by atoms with E-state index in [2.05, 4.69) is 22.0 Å². The molecule has 5 heteroatoms. The number of ether oxygens (including phenoxy) is 1. The van der Waals surface area contributed by atoms with E-state index in [0.29, 0.717) is 6.42 Å². The molecule has 2 nitrogen and oxygen atoms in total. The number of hydrogen-bond donors (Lipinski definition) is 1. The molecule has 0 saturated carbocycles. The molecule has 1 atom stereocenters. The largest absolute Gasteiger partial charge is 0.496 e. The van der Waals surface area contributed by atoms with E-state index >= 15 is 0 Å². The van der Waals surface area contributed by atoms with Gasteiger partial charge in [-0.05, 0) is 47.6 Å². The van der Waals surface area contributed by atoms with Crippen molar-refractivity contribution in [3.63, 3.8) is 0 Å². The average Bonchev–Trinajstić information content (AvgIpc) is 2.91. The van der Waals surface area contributed by atoms with Crippen LogP contribution in [0.1, 0.15) is 27.0 Å². The summed E-state index contributed by atoms with van der Waals surface area (Å²) in [6.07, 6.45) is 1.25. The Balaban J connectivity index is 1.81. The molecule has 0 bridgehead atoms. The number of benzene rings is 1. The molecule has 0 radical (unpaired) electrons. The lowest BCUT2D eigenvalue weighted by molar-refractivity contribution is 0.181. The summed E-state index contributed by atoms with van der Waals surface area (Å²) in [5.74, 6) is 3.11. The van der Waals surface area contributed by atoms with Crippen LogP contribution >= 0.6 is 39.0 Å². The van der Waals surface area contributed by atoms with Crippen LogP contribution in [0.2, 0.25) is 0 Å². The van der Waals surface area contributed by atoms with Crippen LogP contribution in [0.3, 0.4) is 0 Å². The van der Waals surface area contributed by atoms with E-state index < -0.39 is 6.10 Å². The first-order valence-electron chi connectivity index (χ1n) is 6.87. The zero-order valence-electron chi connectivity index (χ0n) is 11.8. The Morgan fingerprint density at radius 3 is 3.00 bits per heavy atom. The Morgan fingerprint density at radius 2 is 2.24 bits per heavy atom. The molecule has 21 heavy (non-hydrogen) atoms. The van der Waals surface area contributed by atoms with Gasteiger partial charge in [0.2, 0.25) is 0 Å². The third kappa shape index (κ3) is 3.47. The summed E-state index contributed by atoms with van der Waals surface area (Å²) in [6, 6.07) is 8.09. The quantitative estimate of drug-likeness (QED) is 0.835. The Bertz CT molecular complexity index is 616. The number of rotatable bonds is 4. The van der Waals surface area contributed by atoms with Gasteiger partial charge in [0.05, 0.1) is 13.2 Å². The lowest BCUT2D eigenvalue weighted by Crippen LogP contribution is -2.02. The maximum absolute atomic E-state index is 10.6.